The molecular formula is C8H14N2OS2. The second-order valence-corrected chi connectivity index (χ2v) is 4.64. The summed E-state index contributed by atoms with van der Waals surface area (Å²) in [4.78, 5) is 4.22. The van der Waals surface area contributed by atoms with E-state index in [1.807, 2.05) is 5.38 Å². The molecule has 1 rings (SSSR count). The minimum absolute atomic E-state index is 0.0138. The van der Waals surface area contributed by atoms with Crippen LogP contribution < -0.4 is 5.73 Å². The Morgan fingerprint density at radius 1 is 1.77 bits per heavy atom. The average molecular weight is 218 g/mol. The number of aromatic nitrogens is 1. The molecule has 0 aliphatic carbocycles. The Kier molecular flexibility index (Phi) is 4.72. The Balaban J connectivity index is 2.50. The number of rotatable bonds is 5. The first-order valence-electron chi connectivity index (χ1n) is 4.07. The van der Waals surface area contributed by atoms with E-state index >= 15 is 0 Å². The minimum atomic E-state index is 0.0138. The van der Waals surface area contributed by atoms with Gasteiger partial charge in [0.1, 0.15) is 5.01 Å². The maximum atomic E-state index is 8.81. The van der Waals surface area contributed by atoms with Gasteiger partial charge in [-0.2, -0.15) is 11.8 Å². The number of hydrogen-bond acceptors (Lipinski definition) is 5. The van der Waals surface area contributed by atoms with Gasteiger partial charge in [0.2, 0.25) is 0 Å². The molecule has 0 spiro atoms. The van der Waals surface area contributed by atoms with E-state index < -0.39 is 0 Å². The molecule has 0 fully saturated rings. The molecule has 1 atom stereocenters. The van der Waals surface area contributed by atoms with Crippen molar-refractivity contribution in [1.29, 1.82) is 0 Å². The van der Waals surface area contributed by atoms with Crippen molar-refractivity contribution in [2.24, 2.45) is 5.73 Å². The molecule has 3 nitrogen and oxygen atoms in total. The van der Waals surface area contributed by atoms with Crippen LogP contribution in [-0.2, 0) is 6.61 Å². The second-order valence-electron chi connectivity index (χ2n) is 2.71. The van der Waals surface area contributed by atoms with Crippen LogP contribution in [0.3, 0.4) is 0 Å². The highest BCUT2D eigenvalue weighted by atomic mass is 32.2. The topological polar surface area (TPSA) is 59.1 Å². The summed E-state index contributed by atoms with van der Waals surface area (Å²) in [7, 11) is 0. The van der Waals surface area contributed by atoms with Gasteiger partial charge >= 0.3 is 0 Å². The highest BCUT2D eigenvalue weighted by Crippen LogP contribution is 2.18. The van der Waals surface area contributed by atoms with Crippen LogP contribution in [0.2, 0.25) is 0 Å². The summed E-state index contributed by atoms with van der Waals surface area (Å²) >= 11 is 3.25. The molecule has 13 heavy (non-hydrogen) atoms. The molecule has 1 aromatic heterocycles. The summed E-state index contributed by atoms with van der Waals surface area (Å²) in [5.41, 5.74) is 6.80. The summed E-state index contributed by atoms with van der Waals surface area (Å²) in [6, 6.07) is 0.0176. The number of nitrogens with two attached hydrogens (primary N) is 1. The van der Waals surface area contributed by atoms with Crippen molar-refractivity contribution < 1.29 is 5.11 Å². The summed E-state index contributed by atoms with van der Waals surface area (Å²) in [5.74, 6) is 1.05. The molecule has 1 unspecified atom stereocenters. The summed E-state index contributed by atoms with van der Waals surface area (Å²) in [6.07, 6.45) is 3.00. The smallest absolute Gasteiger partial charge is 0.118 e. The van der Waals surface area contributed by atoms with Gasteiger partial charge in [-0.25, -0.2) is 4.98 Å². The van der Waals surface area contributed by atoms with E-state index in [1.54, 1.807) is 11.8 Å². The van der Waals surface area contributed by atoms with Crippen LogP contribution in [-0.4, -0.2) is 22.1 Å². The molecule has 3 N–H and O–H groups in total. The first-order chi connectivity index (χ1) is 6.27. The number of aliphatic hydroxyl groups is 1. The lowest BCUT2D eigenvalue weighted by atomic mass is 10.2. The van der Waals surface area contributed by atoms with Gasteiger partial charge in [0.05, 0.1) is 12.3 Å². The second kappa shape index (κ2) is 5.59. The zero-order valence-electron chi connectivity index (χ0n) is 7.56. The zero-order valence-corrected chi connectivity index (χ0v) is 9.20. The van der Waals surface area contributed by atoms with E-state index in [0.717, 1.165) is 22.9 Å². The molecule has 5 heteroatoms. The molecule has 1 heterocycles. The number of thioether (sulfide) groups is 1. The van der Waals surface area contributed by atoms with E-state index in [0.29, 0.717) is 0 Å². The van der Waals surface area contributed by atoms with Crippen LogP contribution in [0.5, 0.6) is 0 Å². The van der Waals surface area contributed by atoms with Crippen molar-refractivity contribution in [1.82, 2.24) is 4.98 Å². The average Bonchev–Trinajstić information content (AvgIpc) is 2.62. The van der Waals surface area contributed by atoms with Crippen molar-refractivity contribution in [3.05, 3.63) is 16.1 Å². The molecule has 0 saturated heterocycles. The van der Waals surface area contributed by atoms with Gasteiger partial charge in [-0.1, -0.05) is 0 Å². The lowest BCUT2D eigenvalue weighted by molar-refractivity contribution is 0.281. The van der Waals surface area contributed by atoms with Gasteiger partial charge in [0.25, 0.3) is 0 Å². The Hall–Kier alpha value is -0.100. The molecule has 0 radical (unpaired) electrons. The number of thiazole rings is 1. The predicted molar refractivity (Wildman–Crippen MR) is 58.0 cm³/mol. The molecule has 0 saturated carbocycles. The highest BCUT2D eigenvalue weighted by molar-refractivity contribution is 7.98. The number of nitrogens with zero attached hydrogens (tertiary/aromatic N) is 1. The Labute approximate surface area is 86.4 Å². The minimum Gasteiger partial charge on any atom is -0.389 e. The van der Waals surface area contributed by atoms with E-state index in [-0.39, 0.29) is 12.6 Å². The maximum Gasteiger partial charge on any atom is 0.118 e. The molecule has 1 aromatic rings. The Morgan fingerprint density at radius 2 is 2.54 bits per heavy atom. The fourth-order valence-electron chi connectivity index (χ4n) is 0.961. The molecule has 0 bridgehead atoms. The highest BCUT2D eigenvalue weighted by Gasteiger charge is 2.09. The first kappa shape index (κ1) is 11.0. The predicted octanol–water partition coefficient (Wildman–Crippen LogP) is 1.39. The fraction of sp³-hybridized carbons (Fsp3) is 0.625. The van der Waals surface area contributed by atoms with Gasteiger partial charge < -0.3 is 10.8 Å². The van der Waals surface area contributed by atoms with E-state index in [2.05, 4.69) is 11.2 Å². The maximum absolute atomic E-state index is 8.81. The standard InChI is InChI=1S/C8H14N2OS2/c1-12-3-2-6(9)7-5-13-8(4-11)10-7/h5-6,11H,2-4,9H2,1H3. The van der Waals surface area contributed by atoms with Gasteiger partial charge in [0.15, 0.2) is 0 Å². The third-order valence-corrected chi connectivity index (χ3v) is 3.21. The van der Waals surface area contributed by atoms with Gasteiger partial charge in [-0.3, -0.25) is 0 Å². The van der Waals surface area contributed by atoms with Crippen LogP contribution in [0.1, 0.15) is 23.2 Å². The van der Waals surface area contributed by atoms with Crippen LogP contribution in [0.15, 0.2) is 5.38 Å². The molecule has 0 aromatic carbocycles. The van der Waals surface area contributed by atoms with E-state index in [9.17, 15) is 0 Å². The van der Waals surface area contributed by atoms with Gasteiger partial charge in [-0.05, 0) is 18.4 Å². The van der Waals surface area contributed by atoms with Crippen LogP contribution in [0, 0.1) is 0 Å². The van der Waals surface area contributed by atoms with E-state index in [1.165, 1.54) is 11.3 Å². The van der Waals surface area contributed by atoms with Gasteiger partial charge in [0, 0.05) is 11.4 Å². The summed E-state index contributed by atoms with van der Waals surface area (Å²) in [6.45, 7) is 0.0138. The van der Waals surface area contributed by atoms with Crippen molar-refractivity contribution in [3.63, 3.8) is 0 Å². The third kappa shape index (κ3) is 3.27. The van der Waals surface area contributed by atoms with Crippen molar-refractivity contribution in [2.75, 3.05) is 12.0 Å². The Bertz CT molecular complexity index is 252. The number of aliphatic hydroxyl groups excluding tert-OH is 1. The molecule has 0 amide bonds. The third-order valence-electron chi connectivity index (χ3n) is 1.72. The van der Waals surface area contributed by atoms with Crippen LogP contribution >= 0.6 is 23.1 Å². The first-order valence-corrected chi connectivity index (χ1v) is 6.35. The van der Waals surface area contributed by atoms with Crippen LogP contribution in [0.25, 0.3) is 0 Å². The lowest BCUT2D eigenvalue weighted by Crippen LogP contribution is -2.11. The summed E-state index contributed by atoms with van der Waals surface area (Å²) in [5, 5.41) is 11.5. The monoisotopic (exact) mass is 218 g/mol. The SMILES string of the molecule is CSCCC(N)c1csc(CO)n1. The van der Waals surface area contributed by atoms with Crippen molar-refractivity contribution in [2.45, 2.75) is 19.1 Å². The Morgan fingerprint density at radius 3 is 3.08 bits per heavy atom. The fourth-order valence-corrected chi connectivity index (χ4v) is 2.17. The quantitative estimate of drug-likeness (QED) is 0.784. The van der Waals surface area contributed by atoms with Crippen molar-refractivity contribution >= 4 is 23.1 Å². The van der Waals surface area contributed by atoms with Crippen molar-refractivity contribution in [3.8, 4) is 0 Å². The molecular weight excluding hydrogens is 204 g/mol. The van der Waals surface area contributed by atoms with Crippen LogP contribution in [0.4, 0.5) is 0 Å². The normalized spacial score (nSPS) is 13.2. The molecule has 0 aliphatic rings. The summed E-state index contributed by atoms with van der Waals surface area (Å²) < 4.78 is 0. The number of hydrogen-bond donors (Lipinski definition) is 2. The van der Waals surface area contributed by atoms with E-state index in [4.69, 9.17) is 10.8 Å². The van der Waals surface area contributed by atoms with Gasteiger partial charge in [-0.15, -0.1) is 11.3 Å². The lowest BCUT2D eigenvalue weighted by Gasteiger charge is -2.06. The molecule has 0 aliphatic heterocycles. The largest absolute Gasteiger partial charge is 0.389 e. The molecule has 74 valence electrons. The zero-order chi connectivity index (χ0) is 9.68.